The van der Waals surface area contributed by atoms with Crippen LogP contribution in [0.5, 0.6) is 0 Å². The van der Waals surface area contributed by atoms with Gasteiger partial charge in [0.1, 0.15) is 5.82 Å². The number of carboxylic acids is 1. The predicted molar refractivity (Wildman–Crippen MR) is 97.1 cm³/mol. The molecule has 2 aromatic rings. The van der Waals surface area contributed by atoms with Crippen molar-refractivity contribution in [2.75, 3.05) is 5.75 Å². The summed E-state index contributed by atoms with van der Waals surface area (Å²) in [6, 6.07) is 12.1. The number of nitrogens with one attached hydrogen (secondary N) is 1. The SMILES string of the molecule is CCSCc1ccc(C(=O)NC(C)(C(=O)O)c2ccc(F)cc2)cc1. The Kier molecular flexibility index (Phi) is 6.20. The van der Waals surface area contributed by atoms with Crippen molar-refractivity contribution in [2.45, 2.75) is 25.1 Å². The van der Waals surface area contributed by atoms with E-state index in [4.69, 9.17) is 0 Å². The number of amides is 1. The Morgan fingerprint density at radius 2 is 1.72 bits per heavy atom. The van der Waals surface area contributed by atoms with Crippen molar-refractivity contribution in [1.29, 1.82) is 0 Å². The van der Waals surface area contributed by atoms with Crippen LogP contribution >= 0.6 is 11.8 Å². The van der Waals surface area contributed by atoms with Crippen molar-refractivity contribution in [3.05, 3.63) is 71.0 Å². The summed E-state index contributed by atoms with van der Waals surface area (Å²) in [4.78, 5) is 24.2. The first-order valence-electron chi connectivity index (χ1n) is 7.85. The molecule has 0 radical (unpaired) electrons. The Balaban J connectivity index is 2.20. The summed E-state index contributed by atoms with van der Waals surface area (Å²) in [5.74, 6) is -0.312. The van der Waals surface area contributed by atoms with E-state index < -0.39 is 23.2 Å². The van der Waals surface area contributed by atoms with Gasteiger partial charge in [0.15, 0.2) is 5.54 Å². The highest BCUT2D eigenvalue weighted by molar-refractivity contribution is 7.98. The van der Waals surface area contributed by atoms with Crippen molar-refractivity contribution >= 4 is 23.6 Å². The van der Waals surface area contributed by atoms with Gasteiger partial charge in [0.2, 0.25) is 0 Å². The quantitative estimate of drug-likeness (QED) is 0.787. The number of aliphatic carboxylic acids is 1. The minimum Gasteiger partial charge on any atom is -0.479 e. The molecule has 0 heterocycles. The van der Waals surface area contributed by atoms with Gasteiger partial charge < -0.3 is 10.4 Å². The topological polar surface area (TPSA) is 66.4 Å². The third-order valence-corrected chi connectivity index (χ3v) is 4.85. The lowest BCUT2D eigenvalue weighted by molar-refractivity contribution is -0.144. The van der Waals surface area contributed by atoms with E-state index in [1.165, 1.54) is 31.2 Å². The average Bonchev–Trinajstić information content (AvgIpc) is 2.60. The van der Waals surface area contributed by atoms with Crippen LogP contribution < -0.4 is 5.32 Å². The summed E-state index contributed by atoms with van der Waals surface area (Å²) in [5, 5.41) is 12.1. The van der Waals surface area contributed by atoms with E-state index in [0.717, 1.165) is 17.1 Å². The first-order valence-corrected chi connectivity index (χ1v) is 9.01. The van der Waals surface area contributed by atoms with Crippen molar-refractivity contribution in [1.82, 2.24) is 5.32 Å². The number of carbonyl (C=O) groups is 2. The molecule has 0 aliphatic carbocycles. The molecular formula is C19H20FNO3S. The Bertz CT molecular complexity index is 746. The van der Waals surface area contributed by atoms with E-state index in [9.17, 15) is 19.1 Å². The summed E-state index contributed by atoms with van der Waals surface area (Å²) in [6.07, 6.45) is 0. The summed E-state index contributed by atoms with van der Waals surface area (Å²) in [5.41, 5.74) is 0.120. The largest absolute Gasteiger partial charge is 0.479 e. The second-order valence-electron chi connectivity index (χ2n) is 5.73. The molecule has 0 aromatic heterocycles. The number of rotatable bonds is 7. The van der Waals surface area contributed by atoms with Gasteiger partial charge in [0.25, 0.3) is 5.91 Å². The monoisotopic (exact) mass is 361 g/mol. The number of benzene rings is 2. The zero-order chi connectivity index (χ0) is 18.4. The first kappa shape index (κ1) is 19.0. The van der Waals surface area contributed by atoms with Crippen LogP contribution in [0.15, 0.2) is 48.5 Å². The second kappa shape index (κ2) is 8.16. The molecule has 0 spiro atoms. The van der Waals surface area contributed by atoms with Gasteiger partial charge in [-0.3, -0.25) is 4.79 Å². The molecule has 0 aliphatic rings. The van der Waals surface area contributed by atoms with Gasteiger partial charge in [-0.25, -0.2) is 9.18 Å². The molecule has 25 heavy (non-hydrogen) atoms. The molecule has 2 N–H and O–H groups in total. The van der Waals surface area contributed by atoms with Crippen LogP contribution in [0.2, 0.25) is 0 Å². The van der Waals surface area contributed by atoms with Crippen LogP contribution in [0, 0.1) is 5.82 Å². The fourth-order valence-corrected chi connectivity index (χ4v) is 2.94. The van der Waals surface area contributed by atoms with E-state index in [1.807, 2.05) is 12.1 Å². The zero-order valence-electron chi connectivity index (χ0n) is 14.1. The van der Waals surface area contributed by atoms with Gasteiger partial charge in [-0.1, -0.05) is 31.2 Å². The normalized spacial score (nSPS) is 13.1. The van der Waals surface area contributed by atoms with E-state index in [0.29, 0.717) is 11.1 Å². The van der Waals surface area contributed by atoms with Crippen LogP contribution in [-0.2, 0) is 16.1 Å². The number of hydrogen-bond acceptors (Lipinski definition) is 3. The standard InChI is InChI=1S/C19H20FNO3S/c1-3-25-12-13-4-6-14(7-5-13)17(22)21-19(2,18(23)24)15-8-10-16(20)11-9-15/h4-11H,3,12H2,1-2H3,(H,21,22)(H,23,24). The number of carbonyl (C=O) groups excluding carboxylic acids is 1. The zero-order valence-corrected chi connectivity index (χ0v) is 14.9. The smallest absolute Gasteiger partial charge is 0.333 e. The third kappa shape index (κ3) is 4.60. The molecule has 6 heteroatoms. The fourth-order valence-electron chi connectivity index (χ4n) is 2.30. The highest BCUT2D eigenvalue weighted by Gasteiger charge is 2.37. The van der Waals surface area contributed by atoms with Crippen LogP contribution in [-0.4, -0.2) is 22.7 Å². The summed E-state index contributed by atoms with van der Waals surface area (Å²) >= 11 is 1.78. The van der Waals surface area contributed by atoms with E-state index in [-0.39, 0.29) is 0 Å². The molecule has 1 unspecified atom stereocenters. The maximum Gasteiger partial charge on any atom is 0.333 e. The van der Waals surface area contributed by atoms with Crippen LogP contribution in [0.1, 0.15) is 35.3 Å². The maximum atomic E-state index is 13.1. The Morgan fingerprint density at radius 3 is 2.24 bits per heavy atom. The van der Waals surface area contributed by atoms with Crippen LogP contribution in [0.3, 0.4) is 0 Å². The molecule has 1 amide bonds. The molecule has 0 saturated carbocycles. The average molecular weight is 361 g/mol. The summed E-state index contributed by atoms with van der Waals surface area (Å²) < 4.78 is 13.1. The van der Waals surface area contributed by atoms with Gasteiger partial charge >= 0.3 is 5.97 Å². The molecule has 1 atom stereocenters. The first-order chi connectivity index (χ1) is 11.9. The minimum atomic E-state index is -1.65. The Morgan fingerprint density at radius 1 is 1.12 bits per heavy atom. The third-order valence-electron chi connectivity index (χ3n) is 3.90. The van der Waals surface area contributed by atoms with Crippen molar-refractivity contribution in [3.63, 3.8) is 0 Å². The summed E-state index contributed by atoms with van der Waals surface area (Å²) in [7, 11) is 0. The van der Waals surface area contributed by atoms with E-state index in [1.54, 1.807) is 23.9 Å². The molecule has 4 nitrogen and oxygen atoms in total. The van der Waals surface area contributed by atoms with Crippen molar-refractivity contribution < 1.29 is 19.1 Å². The molecule has 132 valence electrons. The Hall–Kier alpha value is -2.34. The van der Waals surface area contributed by atoms with Crippen LogP contribution in [0.25, 0.3) is 0 Å². The maximum absolute atomic E-state index is 13.1. The van der Waals surface area contributed by atoms with Gasteiger partial charge in [-0.05, 0) is 48.1 Å². The lowest BCUT2D eigenvalue weighted by Gasteiger charge is -2.27. The molecule has 0 aliphatic heterocycles. The van der Waals surface area contributed by atoms with E-state index >= 15 is 0 Å². The number of halogens is 1. The molecule has 2 aromatic carbocycles. The number of carboxylic acid groups (broad SMARTS) is 1. The van der Waals surface area contributed by atoms with Crippen molar-refractivity contribution in [3.8, 4) is 0 Å². The fraction of sp³-hybridized carbons (Fsp3) is 0.263. The molecule has 0 fully saturated rings. The highest BCUT2D eigenvalue weighted by atomic mass is 32.2. The summed E-state index contributed by atoms with van der Waals surface area (Å²) in [6.45, 7) is 3.46. The van der Waals surface area contributed by atoms with Gasteiger partial charge in [0, 0.05) is 11.3 Å². The lowest BCUT2D eigenvalue weighted by atomic mass is 9.91. The minimum absolute atomic E-state index is 0.297. The Labute approximate surface area is 150 Å². The predicted octanol–water partition coefficient (Wildman–Crippen LogP) is 3.81. The van der Waals surface area contributed by atoms with E-state index in [2.05, 4.69) is 12.2 Å². The lowest BCUT2D eigenvalue weighted by Crippen LogP contribution is -2.49. The second-order valence-corrected chi connectivity index (χ2v) is 7.00. The van der Waals surface area contributed by atoms with Gasteiger partial charge in [-0.2, -0.15) is 11.8 Å². The van der Waals surface area contributed by atoms with Crippen molar-refractivity contribution in [2.24, 2.45) is 0 Å². The molecule has 2 rings (SSSR count). The van der Waals surface area contributed by atoms with Gasteiger partial charge in [0.05, 0.1) is 0 Å². The number of thioether (sulfide) groups is 1. The molecule has 0 bridgehead atoms. The van der Waals surface area contributed by atoms with Crippen LogP contribution in [0.4, 0.5) is 4.39 Å². The molecular weight excluding hydrogens is 341 g/mol. The number of hydrogen-bond donors (Lipinski definition) is 2. The highest BCUT2D eigenvalue weighted by Crippen LogP contribution is 2.22. The molecule has 0 saturated heterocycles. The van der Waals surface area contributed by atoms with Gasteiger partial charge in [-0.15, -0.1) is 0 Å².